The SMILES string of the molecule is Cc1ccc(C(C)(O)C(C)(C)C#N)cc1C. The van der Waals surface area contributed by atoms with Crippen LogP contribution in [0.4, 0.5) is 0 Å². The molecule has 0 aliphatic carbocycles. The second-order valence-corrected chi connectivity index (χ2v) is 5.11. The average molecular weight is 217 g/mol. The minimum atomic E-state index is -1.14. The van der Waals surface area contributed by atoms with Gasteiger partial charge in [0.1, 0.15) is 5.60 Å². The fourth-order valence-electron chi connectivity index (χ4n) is 1.51. The Balaban J connectivity index is 3.29. The Hall–Kier alpha value is -1.33. The number of hydrogen-bond donors (Lipinski definition) is 1. The van der Waals surface area contributed by atoms with E-state index < -0.39 is 11.0 Å². The van der Waals surface area contributed by atoms with Crippen LogP contribution in [0, 0.1) is 30.6 Å². The maximum atomic E-state index is 10.5. The molecular weight excluding hydrogens is 198 g/mol. The molecule has 1 rings (SSSR count). The fraction of sp³-hybridized carbons (Fsp3) is 0.500. The lowest BCUT2D eigenvalue weighted by molar-refractivity contribution is -0.0267. The summed E-state index contributed by atoms with van der Waals surface area (Å²) >= 11 is 0. The predicted octanol–water partition coefficient (Wildman–Crippen LogP) is 3.06. The van der Waals surface area contributed by atoms with E-state index in [1.54, 1.807) is 20.8 Å². The van der Waals surface area contributed by atoms with Gasteiger partial charge in [-0.15, -0.1) is 0 Å². The lowest BCUT2D eigenvalue weighted by atomic mass is 9.73. The third-order valence-electron chi connectivity index (χ3n) is 3.57. The molecule has 2 nitrogen and oxygen atoms in total. The number of rotatable bonds is 2. The Labute approximate surface area is 97.5 Å². The van der Waals surface area contributed by atoms with Gasteiger partial charge in [0.25, 0.3) is 0 Å². The first-order valence-electron chi connectivity index (χ1n) is 5.44. The van der Waals surface area contributed by atoms with E-state index in [1.807, 2.05) is 32.0 Å². The van der Waals surface area contributed by atoms with Crippen LogP contribution in [0.3, 0.4) is 0 Å². The Morgan fingerprint density at radius 3 is 2.12 bits per heavy atom. The predicted molar refractivity (Wildman–Crippen MR) is 64.9 cm³/mol. The third kappa shape index (κ3) is 1.96. The van der Waals surface area contributed by atoms with Gasteiger partial charge >= 0.3 is 0 Å². The van der Waals surface area contributed by atoms with Crippen LogP contribution >= 0.6 is 0 Å². The number of hydrogen-bond acceptors (Lipinski definition) is 2. The van der Waals surface area contributed by atoms with Gasteiger partial charge in [-0.2, -0.15) is 5.26 Å². The summed E-state index contributed by atoms with van der Waals surface area (Å²) in [4.78, 5) is 0. The highest BCUT2D eigenvalue weighted by molar-refractivity contribution is 5.35. The highest BCUT2D eigenvalue weighted by Gasteiger charge is 2.41. The fourth-order valence-corrected chi connectivity index (χ4v) is 1.51. The third-order valence-corrected chi connectivity index (χ3v) is 3.57. The Kier molecular flexibility index (Phi) is 3.12. The summed E-state index contributed by atoms with van der Waals surface area (Å²) in [5.41, 5.74) is 1.16. The molecule has 0 spiro atoms. The topological polar surface area (TPSA) is 44.0 Å². The van der Waals surface area contributed by atoms with Gasteiger partial charge < -0.3 is 5.11 Å². The Morgan fingerprint density at radius 2 is 1.69 bits per heavy atom. The molecule has 0 aliphatic heterocycles. The van der Waals surface area contributed by atoms with Crippen molar-refractivity contribution in [2.45, 2.75) is 40.2 Å². The first-order valence-corrected chi connectivity index (χ1v) is 5.44. The number of benzene rings is 1. The molecule has 0 aromatic heterocycles. The number of aryl methyl sites for hydroxylation is 2. The lowest BCUT2D eigenvalue weighted by Gasteiger charge is -2.35. The van der Waals surface area contributed by atoms with Crippen LogP contribution in [0.5, 0.6) is 0 Å². The summed E-state index contributed by atoms with van der Waals surface area (Å²) < 4.78 is 0. The maximum Gasteiger partial charge on any atom is 0.105 e. The molecule has 16 heavy (non-hydrogen) atoms. The molecule has 0 saturated carbocycles. The van der Waals surface area contributed by atoms with E-state index in [0.717, 1.165) is 11.1 Å². The molecular formula is C14H19NO. The van der Waals surface area contributed by atoms with Crippen LogP contribution in [-0.2, 0) is 5.60 Å². The van der Waals surface area contributed by atoms with Gasteiger partial charge in [0.2, 0.25) is 0 Å². The highest BCUT2D eigenvalue weighted by Crippen LogP contribution is 2.39. The van der Waals surface area contributed by atoms with Gasteiger partial charge in [-0.1, -0.05) is 18.2 Å². The Bertz CT molecular complexity index is 439. The van der Waals surface area contributed by atoms with Crippen molar-refractivity contribution >= 4 is 0 Å². The van der Waals surface area contributed by atoms with Gasteiger partial charge in [-0.3, -0.25) is 0 Å². The molecule has 0 aliphatic rings. The molecule has 86 valence electrons. The zero-order valence-electron chi connectivity index (χ0n) is 10.6. The van der Waals surface area contributed by atoms with Gasteiger partial charge in [-0.25, -0.2) is 0 Å². The van der Waals surface area contributed by atoms with E-state index in [2.05, 4.69) is 6.07 Å². The van der Waals surface area contributed by atoms with Crippen molar-refractivity contribution in [2.75, 3.05) is 0 Å². The van der Waals surface area contributed by atoms with Crippen molar-refractivity contribution in [1.82, 2.24) is 0 Å². The van der Waals surface area contributed by atoms with E-state index in [0.29, 0.717) is 0 Å². The minimum Gasteiger partial charge on any atom is -0.384 e. The molecule has 0 heterocycles. The molecule has 1 N–H and O–H groups in total. The molecule has 0 radical (unpaired) electrons. The molecule has 1 aromatic carbocycles. The zero-order valence-corrected chi connectivity index (χ0v) is 10.6. The lowest BCUT2D eigenvalue weighted by Crippen LogP contribution is -2.38. The van der Waals surface area contributed by atoms with Crippen molar-refractivity contribution in [3.05, 3.63) is 34.9 Å². The molecule has 1 atom stereocenters. The second kappa shape index (κ2) is 3.92. The first kappa shape index (κ1) is 12.7. The largest absolute Gasteiger partial charge is 0.384 e. The summed E-state index contributed by atoms with van der Waals surface area (Å²) in [6.45, 7) is 9.24. The van der Waals surface area contributed by atoms with Crippen molar-refractivity contribution < 1.29 is 5.11 Å². The van der Waals surface area contributed by atoms with Crippen LogP contribution in [0.2, 0.25) is 0 Å². The summed E-state index contributed by atoms with van der Waals surface area (Å²) in [7, 11) is 0. The normalized spacial score (nSPS) is 15.3. The van der Waals surface area contributed by atoms with E-state index in [-0.39, 0.29) is 0 Å². The zero-order chi connectivity index (χ0) is 12.6. The summed E-state index contributed by atoms with van der Waals surface area (Å²) in [5, 5.41) is 19.6. The molecule has 0 bridgehead atoms. The summed E-state index contributed by atoms with van der Waals surface area (Å²) in [6.07, 6.45) is 0. The number of nitriles is 1. The molecule has 0 saturated heterocycles. The molecule has 1 aromatic rings. The van der Waals surface area contributed by atoms with Crippen molar-refractivity contribution in [1.29, 1.82) is 5.26 Å². The van der Waals surface area contributed by atoms with Crippen LogP contribution in [0.25, 0.3) is 0 Å². The van der Waals surface area contributed by atoms with Gasteiger partial charge in [0, 0.05) is 0 Å². The first-order chi connectivity index (χ1) is 7.22. The molecule has 0 amide bonds. The monoisotopic (exact) mass is 217 g/mol. The molecule has 0 fully saturated rings. The minimum absolute atomic E-state index is 0.794. The quantitative estimate of drug-likeness (QED) is 0.827. The van der Waals surface area contributed by atoms with E-state index >= 15 is 0 Å². The second-order valence-electron chi connectivity index (χ2n) is 5.11. The average Bonchev–Trinajstić information content (AvgIpc) is 2.21. The van der Waals surface area contributed by atoms with Crippen molar-refractivity contribution in [3.8, 4) is 6.07 Å². The smallest absolute Gasteiger partial charge is 0.105 e. The van der Waals surface area contributed by atoms with Gasteiger partial charge in [0.15, 0.2) is 0 Å². The number of aliphatic hydroxyl groups is 1. The summed E-state index contributed by atoms with van der Waals surface area (Å²) in [5.74, 6) is 0. The van der Waals surface area contributed by atoms with Gasteiger partial charge in [-0.05, 0) is 51.3 Å². The van der Waals surface area contributed by atoms with E-state index in [4.69, 9.17) is 5.26 Å². The molecule has 2 heteroatoms. The number of nitrogens with zero attached hydrogens (tertiary/aromatic N) is 1. The maximum absolute atomic E-state index is 10.5. The van der Waals surface area contributed by atoms with Crippen molar-refractivity contribution in [3.63, 3.8) is 0 Å². The van der Waals surface area contributed by atoms with Crippen LogP contribution in [-0.4, -0.2) is 5.11 Å². The van der Waals surface area contributed by atoms with Crippen LogP contribution < -0.4 is 0 Å². The Morgan fingerprint density at radius 1 is 1.12 bits per heavy atom. The standard InChI is InChI=1S/C14H19NO/c1-10-6-7-12(8-11(10)2)14(5,16)13(3,4)9-15/h6-8,16H,1-5H3. The van der Waals surface area contributed by atoms with E-state index in [1.165, 1.54) is 5.56 Å². The molecule has 1 unspecified atom stereocenters. The summed E-state index contributed by atoms with van der Waals surface area (Å²) in [6, 6.07) is 7.99. The van der Waals surface area contributed by atoms with Crippen LogP contribution in [0.1, 0.15) is 37.5 Å². The van der Waals surface area contributed by atoms with Gasteiger partial charge in [0.05, 0.1) is 11.5 Å². The van der Waals surface area contributed by atoms with Crippen molar-refractivity contribution in [2.24, 2.45) is 5.41 Å². The van der Waals surface area contributed by atoms with Crippen LogP contribution in [0.15, 0.2) is 18.2 Å². The van der Waals surface area contributed by atoms with E-state index in [9.17, 15) is 5.11 Å². The highest BCUT2D eigenvalue weighted by atomic mass is 16.3.